The lowest BCUT2D eigenvalue weighted by Crippen LogP contribution is -2.60. The van der Waals surface area contributed by atoms with E-state index in [0.717, 1.165) is 0 Å². The standard InChI is InChI=1S/C47H73FN6O13/c1-11-37-47(8,61)41(58)28(4)38(55)26(2)22-46(7,62-10)42(29(5)39(56)30(6)43(59)66-37)67-44-40(57)36(20-27(3)64-44)51(9)15-14-31-23-53(50-49-31)24-33-25-54(45(60)65-33)32-12-13-35(34(48)21-32)52-16-18-63-19-17-52/h12-13,21,23,26-30,33,36-37,39-42,44,56-58,61H,11,14-20,22,24-25H2,1-10H3/t26-,27-,28+,29+,30-,33+,36+,37-,39+,40+,41-,42-,44+,46-,47-/m1/s1. The van der Waals surface area contributed by atoms with Crippen LogP contribution in [0.4, 0.5) is 20.6 Å². The van der Waals surface area contributed by atoms with Crippen molar-refractivity contribution in [2.45, 2.75) is 154 Å². The lowest BCUT2D eigenvalue weighted by atomic mass is 9.74. The molecule has 0 bridgehead atoms. The molecule has 15 atom stereocenters. The van der Waals surface area contributed by atoms with Crippen molar-refractivity contribution < 1.29 is 67.6 Å². The van der Waals surface area contributed by atoms with Crippen molar-refractivity contribution in [1.82, 2.24) is 19.9 Å². The van der Waals surface area contributed by atoms with Crippen LogP contribution in [0.25, 0.3) is 0 Å². The van der Waals surface area contributed by atoms with Crippen LogP contribution in [0.15, 0.2) is 24.4 Å². The molecular weight excluding hydrogens is 876 g/mol. The molecule has 376 valence electrons. The van der Waals surface area contributed by atoms with Crippen LogP contribution >= 0.6 is 0 Å². The van der Waals surface area contributed by atoms with Gasteiger partial charge in [0.05, 0.1) is 79.3 Å². The minimum atomic E-state index is -1.97. The molecule has 4 aliphatic rings. The molecular formula is C47H73FN6O13. The van der Waals surface area contributed by atoms with Crippen molar-refractivity contribution in [3.63, 3.8) is 0 Å². The number of cyclic esters (lactones) is 2. The van der Waals surface area contributed by atoms with Gasteiger partial charge in [0, 0.05) is 63.2 Å². The van der Waals surface area contributed by atoms with Crippen LogP contribution in [0.5, 0.6) is 0 Å². The molecule has 4 aliphatic heterocycles. The zero-order valence-corrected chi connectivity index (χ0v) is 40.6. The second-order valence-corrected chi connectivity index (χ2v) is 19.6. The van der Waals surface area contributed by atoms with Gasteiger partial charge in [-0.1, -0.05) is 32.9 Å². The third kappa shape index (κ3) is 11.6. The summed E-state index contributed by atoms with van der Waals surface area (Å²) >= 11 is 0. The summed E-state index contributed by atoms with van der Waals surface area (Å²) in [7, 11) is 3.33. The van der Waals surface area contributed by atoms with Crippen LogP contribution in [0, 0.1) is 29.5 Å². The van der Waals surface area contributed by atoms with Crippen molar-refractivity contribution in [2.24, 2.45) is 23.7 Å². The number of carbonyl (C=O) groups is 3. The molecule has 6 rings (SSSR count). The van der Waals surface area contributed by atoms with Gasteiger partial charge < -0.3 is 58.6 Å². The monoisotopic (exact) mass is 949 g/mol. The Bertz CT molecular complexity index is 2000. The van der Waals surface area contributed by atoms with Crippen molar-refractivity contribution in [2.75, 3.05) is 63.4 Å². The normalized spacial score (nSPS) is 37.4. The molecule has 0 unspecified atom stereocenters. The first-order chi connectivity index (χ1) is 31.6. The number of rotatable bonds is 12. The van der Waals surface area contributed by atoms with Crippen LogP contribution in [0.2, 0.25) is 0 Å². The Morgan fingerprint density at radius 1 is 1.00 bits per heavy atom. The van der Waals surface area contributed by atoms with Crippen LogP contribution in [0.1, 0.15) is 80.3 Å². The number of esters is 1. The van der Waals surface area contributed by atoms with E-state index in [2.05, 4.69) is 10.3 Å². The number of benzene rings is 1. The smallest absolute Gasteiger partial charge is 0.414 e. The molecule has 1 aromatic heterocycles. The molecule has 1 aromatic carbocycles. The molecule has 2 aromatic rings. The van der Waals surface area contributed by atoms with Gasteiger partial charge in [-0.2, -0.15) is 0 Å². The van der Waals surface area contributed by atoms with E-state index in [-0.39, 0.29) is 37.8 Å². The van der Waals surface area contributed by atoms with E-state index in [1.54, 1.807) is 50.7 Å². The Kier molecular flexibility index (Phi) is 17.1. The quantitative estimate of drug-likeness (QED) is 0.224. The lowest BCUT2D eigenvalue weighted by Gasteiger charge is -2.48. The summed E-state index contributed by atoms with van der Waals surface area (Å²) in [6.07, 6.45) is -6.20. The topological polar surface area (TPSA) is 228 Å². The number of aromatic nitrogens is 3. The summed E-state index contributed by atoms with van der Waals surface area (Å²) in [5, 5.41) is 55.2. The Balaban J connectivity index is 1.11. The van der Waals surface area contributed by atoms with Gasteiger partial charge in [-0.15, -0.1) is 5.10 Å². The van der Waals surface area contributed by atoms with E-state index in [0.29, 0.717) is 62.8 Å². The minimum Gasteiger partial charge on any atom is -0.459 e. The third-order valence-corrected chi connectivity index (χ3v) is 14.6. The molecule has 0 spiro atoms. The van der Waals surface area contributed by atoms with Crippen LogP contribution in [-0.4, -0.2) is 178 Å². The average Bonchev–Trinajstić information content (AvgIpc) is 3.92. The van der Waals surface area contributed by atoms with Gasteiger partial charge in [-0.25, -0.2) is 13.9 Å². The second kappa shape index (κ2) is 21.8. The SMILES string of the molecule is CC[C@H]1OC(=O)[C@H](C)[C@@H](O)[C@H](C)[C@@H](O[C@@H]2O[C@H](C)C[C@H](N(C)CCc3cn(C[C@H]4CN(c5ccc(N6CCOCC6)c(F)c5)C(=O)O4)nn3)[C@@H]2O)[C@](C)(OC)C[C@@H](C)C(=O)[C@H](C)[C@@H](O)[C@]1(C)O. The number of aliphatic hydroxyl groups excluding tert-OH is 3. The number of nitrogens with zero attached hydrogens (tertiary/aromatic N) is 6. The summed E-state index contributed by atoms with van der Waals surface area (Å²) in [5.41, 5.74) is -1.74. The highest BCUT2D eigenvalue weighted by atomic mass is 19.1. The number of likely N-dealkylation sites (N-methyl/N-ethyl adjacent to an activating group) is 1. The van der Waals surface area contributed by atoms with Gasteiger partial charge in [-0.05, 0) is 72.2 Å². The van der Waals surface area contributed by atoms with Crippen molar-refractivity contribution in [3.8, 4) is 0 Å². The number of ketones is 1. The van der Waals surface area contributed by atoms with Gasteiger partial charge in [0.1, 0.15) is 35.5 Å². The first kappa shape index (κ1) is 52.5. The molecule has 0 saturated carbocycles. The van der Waals surface area contributed by atoms with E-state index >= 15 is 4.39 Å². The minimum absolute atomic E-state index is 0.0621. The molecule has 5 heterocycles. The summed E-state index contributed by atoms with van der Waals surface area (Å²) < 4.78 is 52.6. The summed E-state index contributed by atoms with van der Waals surface area (Å²) in [6, 6.07) is 4.28. The number of aliphatic hydroxyl groups is 4. The molecule has 0 radical (unpaired) electrons. The highest BCUT2D eigenvalue weighted by Gasteiger charge is 2.52. The fraction of sp³-hybridized carbons (Fsp3) is 0.766. The molecule has 0 aliphatic carbocycles. The number of morpholine rings is 1. The zero-order valence-electron chi connectivity index (χ0n) is 40.6. The number of halogens is 1. The fourth-order valence-corrected chi connectivity index (χ4v) is 10.3. The van der Waals surface area contributed by atoms with E-state index in [9.17, 15) is 34.8 Å². The highest BCUT2D eigenvalue weighted by molar-refractivity contribution is 5.90. The lowest BCUT2D eigenvalue weighted by molar-refractivity contribution is -0.302. The van der Waals surface area contributed by atoms with Gasteiger partial charge in [-0.3, -0.25) is 14.5 Å². The number of carbonyl (C=O) groups excluding carboxylic acids is 3. The first-order valence-electron chi connectivity index (χ1n) is 23.7. The number of Topliss-reactive ketones (excluding diaryl/α,β-unsaturated/α-hetero) is 1. The van der Waals surface area contributed by atoms with Crippen molar-refractivity contribution >= 4 is 29.2 Å². The molecule has 4 N–H and O–H groups in total. The molecule has 1 amide bonds. The number of hydrogen-bond acceptors (Lipinski definition) is 17. The molecule has 4 fully saturated rings. The molecule has 67 heavy (non-hydrogen) atoms. The Morgan fingerprint density at radius 3 is 2.36 bits per heavy atom. The van der Waals surface area contributed by atoms with E-state index in [1.165, 1.54) is 38.8 Å². The molecule has 19 nitrogen and oxygen atoms in total. The van der Waals surface area contributed by atoms with Gasteiger partial charge >= 0.3 is 12.1 Å². The van der Waals surface area contributed by atoms with Crippen molar-refractivity contribution in [3.05, 3.63) is 35.9 Å². The van der Waals surface area contributed by atoms with E-state index < -0.39 is 102 Å². The zero-order chi connectivity index (χ0) is 49.1. The summed E-state index contributed by atoms with van der Waals surface area (Å²) in [5.74, 6) is -5.33. The largest absolute Gasteiger partial charge is 0.459 e. The Labute approximate surface area is 392 Å². The third-order valence-electron chi connectivity index (χ3n) is 14.6. The van der Waals surface area contributed by atoms with Crippen LogP contribution in [-0.2, 0) is 51.0 Å². The fourth-order valence-electron chi connectivity index (χ4n) is 10.3. The second-order valence-electron chi connectivity index (χ2n) is 19.6. The predicted molar refractivity (Wildman–Crippen MR) is 242 cm³/mol. The van der Waals surface area contributed by atoms with Gasteiger partial charge in [0.15, 0.2) is 6.29 Å². The highest BCUT2D eigenvalue weighted by Crippen LogP contribution is 2.39. The average molecular weight is 949 g/mol. The maximum Gasteiger partial charge on any atom is 0.414 e. The van der Waals surface area contributed by atoms with Gasteiger partial charge in [0.25, 0.3) is 0 Å². The Hall–Kier alpha value is -3.86. The van der Waals surface area contributed by atoms with Crippen LogP contribution in [0.3, 0.4) is 0 Å². The predicted octanol–water partition coefficient (Wildman–Crippen LogP) is 2.72. The van der Waals surface area contributed by atoms with Crippen molar-refractivity contribution in [1.29, 1.82) is 0 Å². The molecule has 20 heteroatoms. The maximum atomic E-state index is 15.2. The maximum absolute atomic E-state index is 15.2. The Morgan fingerprint density at radius 2 is 1.70 bits per heavy atom. The summed E-state index contributed by atoms with van der Waals surface area (Å²) in [4.78, 5) is 45.7. The van der Waals surface area contributed by atoms with Gasteiger partial charge in [0.2, 0.25) is 0 Å². The van der Waals surface area contributed by atoms with E-state index in [4.69, 9.17) is 28.4 Å². The number of hydrogen-bond donors (Lipinski definition) is 4. The molecule has 4 saturated heterocycles. The first-order valence-corrected chi connectivity index (χ1v) is 23.7. The summed E-state index contributed by atoms with van der Waals surface area (Å²) in [6.45, 7) is 16.2. The number of methoxy groups -OCH3 is 1. The number of ether oxygens (including phenoxy) is 6. The van der Waals surface area contributed by atoms with Crippen LogP contribution < -0.4 is 9.80 Å². The van der Waals surface area contributed by atoms with E-state index in [1.807, 2.05) is 23.8 Å². The number of amides is 1. The number of anilines is 2.